The highest BCUT2D eigenvalue weighted by Crippen LogP contribution is 2.39. The van der Waals surface area contributed by atoms with Crippen molar-refractivity contribution in [2.75, 3.05) is 6.54 Å². The molecule has 1 heteroatoms. The van der Waals surface area contributed by atoms with Gasteiger partial charge < -0.3 is 5.73 Å². The van der Waals surface area contributed by atoms with Crippen molar-refractivity contribution in [3.05, 3.63) is 12.2 Å². The van der Waals surface area contributed by atoms with Crippen LogP contribution in [0.4, 0.5) is 0 Å². The van der Waals surface area contributed by atoms with Crippen molar-refractivity contribution in [1.29, 1.82) is 0 Å². The molecule has 0 amide bonds. The number of nitrogens with two attached hydrogens (primary N) is 1. The van der Waals surface area contributed by atoms with E-state index in [0.717, 1.165) is 13.0 Å². The molecule has 1 saturated carbocycles. The summed E-state index contributed by atoms with van der Waals surface area (Å²) >= 11 is 0. The summed E-state index contributed by atoms with van der Waals surface area (Å²) in [5.41, 5.74) is 7.56. The topological polar surface area (TPSA) is 26.0 Å². The average Bonchev–Trinajstić information content (AvgIpc) is 2.05. The third kappa shape index (κ3) is 2.34. The molecule has 0 aliphatic heterocycles. The molecule has 1 aliphatic rings. The van der Waals surface area contributed by atoms with Gasteiger partial charge >= 0.3 is 0 Å². The lowest BCUT2D eigenvalue weighted by molar-refractivity contribution is 0.197. The second-order valence-corrected chi connectivity index (χ2v) is 4.40. The van der Waals surface area contributed by atoms with Gasteiger partial charge in [-0.1, -0.05) is 24.8 Å². The number of rotatable bonds is 3. The molecule has 0 aromatic carbocycles. The number of hydrogen-bond acceptors (Lipinski definition) is 1. The van der Waals surface area contributed by atoms with Crippen molar-refractivity contribution in [3.63, 3.8) is 0 Å². The average molecular weight is 167 g/mol. The van der Waals surface area contributed by atoms with E-state index in [4.69, 9.17) is 5.73 Å². The standard InChI is InChI=1S/C11H21N/c1-10(2)8-11(9-12)6-4-3-5-7-11/h1,3-9,12H2,2H3. The van der Waals surface area contributed by atoms with Gasteiger partial charge in [0.25, 0.3) is 0 Å². The van der Waals surface area contributed by atoms with E-state index < -0.39 is 0 Å². The minimum absolute atomic E-state index is 0.421. The molecule has 1 aliphatic carbocycles. The maximum Gasteiger partial charge on any atom is -0.00175 e. The van der Waals surface area contributed by atoms with E-state index >= 15 is 0 Å². The molecule has 0 radical (unpaired) electrons. The molecule has 1 fully saturated rings. The lowest BCUT2D eigenvalue weighted by Gasteiger charge is -2.36. The first-order chi connectivity index (χ1) is 5.68. The molecule has 0 heterocycles. The summed E-state index contributed by atoms with van der Waals surface area (Å²) < 4.78 is 0. The van der Waals surface area contributed by atoms with Gasteiger partial charge in [0.15, 0.2) is 0 Å². The summed E-state index contributed by atoms with van der Waals surface area (Å²) in [4.78, 5) is 0. The van der Waals surface area contributed by atoms with Crippen molar-refractivity contribution >= 4 is 0 Å². The Kier molecular flexibility index (Phi) is 3.33. The molecule has 12 heavy (non-hydrogen) atoms. The lowest BCUT2D eigenvalue weighted by atomic mass is 9.70. The van der Waals surface area contributed by atoms with Crippen LogP contribution in [0.25, 0.3) is 0 Å². The molecule has 0 spiro atoms. The molecule has 2 N–H and O–H groups in total. The normalized spacial score (nSPS) is 22.2. The maximum absolute atomic E-state index is 5.85. The van der Waals surface area contributed by atoms with Gasteiger partial charge in [-0.3, -0.25) is 0 Å². The van der Waals surface area contributed by atoms with Crippen LogP contribution in [0.3, 0.4) is 0 Å². The van der Waals surface area contributed by atoms with Crippen LogP contribution in [0, 0.1) is 5.41 Å². The molecular formula is C11H21N. The monoisotopic (exact) mass is 167 g/mol. The summed E-state index contributed by atoms with van der Waals surface area (Å²) in [5, 5.41) is 0. The van der Waals surface area contributed by atoms with Gasteiger partial charge in [0.1, 0.15) is 0 Å². The molecule has 0 bridgehead atoms. The Balaban J connectivity index is 2.53. The molecule has 1 nitrogen and oxygen atoms in total. The maximum atomic E-state index is 5.85. The Labute approximate surface area is 76.0 Å². The first kappa shape index (κ1) is 9.79. The van der Waals surface area contributed by atoms with Gasteiger partial charge in [-0.25, -0.2) is 0 Å². The molecule has 1 rings (SSSR count). The fourth-order valence-electron chi connectivity index (χ4n) is 2.40. The first-order valence-corrected chi connectivity index (χ1v) is 5.03. The van der Waals surface area contributed by atoms with Gasteiger partial charge in [0.2, 0.25) is 0 Å². The zero-order valence-electron chi connectivity index (χ0n) is 8.23. The second kappa shape index (κ2) is 4.08. The largest absolute Gasteiger partial charge is 0.330 e. The molecule has 0 aromatic rings. The van der Waals surface area contributed by atoms with Crippen LogP contribution in [-0.4, -0.2) is 6.54 Å². The molecule has 0 unspecified atom stereocenters. The van der Waals surface area contributed by atoms with E-state index in [1.54, 1.807) is 0 Å². The highest BCUT2D eigenvalue weighted by atomic mass is 14.6. The summed E-state index contributed by atoms with van der Waals surface area (Å²) in [6.07, 6.45) is 7.91. The van der Waals surface area contributed by atoms with Crippen molar-refractivity contribution in [3.8, 4) is 0 Å². The predicted molar refractivity (Wildman–Crippen MR) is 54.0 cm³/mol. The van der Waals surface area contributed by atoms with Crippen LogP contribution < -0.4 is 5.73 Å². The van der Waals surface area contributed by atoms with Crippen molar-refractivity contribution in [1.82, 2.24) is 0 Å². The highest BCUT2D eigenvalue weighted by Gasteiger charge is 2.29. The van der Waals surface area contributed by atoms with Crippen molar-refractivity contribution in [2.24, 2.45) is 11.1 Å². The van der Waals surface area contributed by atoms with E-state index in [1.165, 1.54) is 37.7 Å². The zero-order valence-corrected chi connectivity index (χ0v) is 8.23. The highest BCUT2D eigenvalue weighted by molar-refractivity contribution is 4.98. The zero-order chi connectivity index (χ0) is 9.03. The lowest BCUT2D eigenvalue weighted by Crippen LogP contribution is -2.32. The number of allylic oxidation sites excluding steroid dienone is 1. The predicted octanol–water partition coefficient (Wildman–Crippen LogP) is 2.86. The summed E-state index contributed by atoms with van der Waals surface area (Å²) in [6.45, 7) is 6.95. The Bertz CT molecular complexity index is 154. The molecular weight excluding hydrogens is 146 g/mol. The van der Waals surface area contributed by atoms with Gasteiger partial charge in [0, 0.05) is 0 Å². The Hall–Kier alpha value is -0.300. The Morgan fingerprint density at radius 1 is 1.33 bits per heavy atom. The fraction of sp³-hybridized carbons (Fsp3) is 0.818. The minimum Gasteiger partial charge on any atom is -0.330 e. The van der Waals surface area contributed by atoms with Crippen LogP contribution in [0.15, 0.2) is 12.2 Å². The third-order valence-corrected chi connectivity index (χ3v) is 3.02. The smallest absolute Gasteiger partial charge is 0.00175 e. The Morgan fingerprint density at radius 2 is 1.92 bits per heavy atom. The van der Waals surface area contributed by atoms with Crippen LogP contribution in [-0.2, 0) is 0 Å². The van der Waals surface area contributed by atoms with Crippen LogP contribution in [0.2, 0.25) is 0 Å². The van der Waals surface area contributed by atoms with Crippen LogP contribution in [0.1, 0.15) is 45.4 Å². The summed E-state index contributed by atoms with van der Waals surface area (Å²) in [7, 11) is 0. The molecule has 0 atom stereocenters. The minimum atomic E-state index is 0.421. The van der Waals surface area contributed by atoms with E-state index in [0.29, 0.717) is 5.41 Å². The van der Waals surface area contributed by atoms with Gasteiger partial charge in [-0.2, -0.15) is 0 Å². The van der Waals surface area contributed by atoms with E-state index in [-0.39, 0.29) is 0 Å². The van der Waals surface area contributed by atoms with E-state index in [1.807, 2.05) is 0 Å². The summed E-state index contributed by atoms with van der Waals surface area (Å²) in [6, 6.07) is 0. The van der Waals surface area contributed by atoms with Gasteiger partial charge in [0.05, 0.1) is 0 Å². The summed E-state index contributed by atoms with van der Waals surface area (Å²) in [5.74, 6) is 0. The Morgan fingerprint density at radius 3 is 2.33 bits per heavy atom. The molecule has 0 aromatic heterocycles. The number of hydrogen-bond donors (Lipinski definition) is 1. The SMILES string of the molecule is C=C(C)CC1(CN)CCCCC1. The van der Waals surface area contributed by atoms with Crippen LogP contribution >= 0.6 is 0 Å². The van der Waals surface area contributed by atoms with Crippen molar-refractivity contribution < 1.29 is 0 Å². The molecule has 70 valence electrons. The van der Waals surface area contributed by atoms with Crippen LogP contribution in [0.5, 0.6) is 0 Å². The quantitative estimate of drug-likeness (QED) is 0.643. The van der Waals surface area contributed by atoms with Gasteiger partial charge in [-0.15, -0.1) is 6.58 Å². The second-order valence-electron chi connectivity index (χ2n) is 4.40. The van der Waals surface area contributed by atoms with Crippen molar-refractivity contribution in [2.45, 2.75) is 45.4 Å². The third-order valence-electron chi connectivity index (χ3n) is 3.02. The van der Waals surface area contributed by atoms with E-state index in [2.05, 4.69) is 13.5 Å². The first-order valence-electron chi connectivity index (χ1n) is 5.03. The fourth-order valence-corrected chi connectivity index (χ4v) is 2.40. The van der Waals surface area contributed by atoms with Gasteiger partial charge in [-0.05, 0) is 38.1 Å². The van der Waals surface area contributed by atoms with E-state index in [9.17, 15) is 0 Å². The molecule has 0 saturated heterocycles.